The van der Waals surface area contributed by atoms with Gasteiger partial charge in [0.2, 0.25) is 0 Å². The van der Waals surface area contributed by atoms with Crippen LogP contribution in [-0.2, 0) is 33.3 Å². The Balaban J connectivity index is 4.10. The number of carbonyl (C=O) groups excluding carboxylic acids is 2. The average Bonchev–Trinajstić information content (AvgIpc) is 3.27. The van der Waals surface area contributed by atoms with Crippen molar-refractivity contribution >= 4 is 17.9 Å². The van der Waals surface area contributed by atoms with E-state index in [4.69, 9.17) is 18.9 Å². The van der Waals surface area contributed by atoms with Crippen LogP contribution in [-0.4, -0.2) is 87.4 Å². The number of rotatable bonds is 51. The summed E-state index contributed by atoms with van der Waals surface area (Å²) in [4.78, 5) is 37.2. The van der Waals surface area contributed by atoms with Crippen LogP contribution in [0, 0.1) is 0 Å². The number of hydrogen-bond acceptors (Lipinski definition) is 7. The molecule has 9 nitrogen and oxygen atoms in total. The molecule has 0 aliphatic carbocycles. The summed E-state index contributed by atoms with van der Waals surface area (Å²) >= 11 is 0. The number of esters is 2. The van der Waals surface area contributed by atoms with Gasteiger partial charge in [-0.05, 0) is 57.8 Å². The Bertz CT molecular complexity index is 1120. The van der Waals surface area contributed by atoms with Crippen molar-refractivity contribution in [1.82, 2.24) is 0 Å². The molecule has 0 spiro atoms. The van der Waals surface area contributed by atoms with Gasteiger partial charge in [-0.2, -0.15) is 0 Å². The molecule has 0 aliphatic rings. The maximum Gasteiger partial charge on any atom is 0.361 e. The molecule has 2 unspecified atom stereocenters. The van der Waals surface area contributed by atoms with E-state index in [1.54, 1.807) is 0 Å². The van der Waals surface area contributed by atoms with Crippen molar-refractivity contribution in [3.63, 3.8) is 0 Å². The number of ether oxygens (including phenoxy) is 4. The van der Waals surface area contributed by atoms with Crippen molar-refractivity contribution in [1.29, 1.82) is 0 Å². The normalized spacial score (nSPS) is 12.9. The molecule has 0 aromatic heterocycles. The first-order valence-corrected chi connectivity index (χ1v) is 27.5. The van der Waals surface area contributed by atoms with E-state index in [2.05, 4.69) is 38.2 Å². The van der Waals surface area contributed by atoms with Gasteiger partial charge in [0.05, 0.1) is 34.4 Å². The molecule has 0 saturated carbocycles. The van der Waals surface area contributed by atoms with Crippen LogP contribution in [0.4, 0.5) is 0 Å². The SMILES string of the molecule is CCCC/C=C\CCCCCCCC(=O)OCC(COC(OCC[N+](C)(C)C)C(=O)O)OC(=O)CCCCCCCCCCCCCCCCCCC/C=C\CCCCCCCCCC. The van der Waals surface area contributed by atoms with Gasteiger partial charge in [0.25, 0.3) is 6.29 Å². The van der Waals surface area contributed by atoms with E-state index in [-0.39, 0.29) is 32.2 Å². The molecule has 0 saturated heterocycles. The summed E-state index contributed by atoms with van der Waals surface area (Å²) in [6, 6.07) is 0. The predicted octanol–water partition coefficient (Wildman–Crippen LogP) is 15.6. The lowest BCUT2D eigenvalue weighted by Crippen LogP contribution is -2.40. The first kappa shape index (κ1) is 62.8. The summed E-state index contributed by atoms with van der Waals surface area (Å²) < 4.78 is 22.8. The van der Waals surface area contributed by atoms with Crippen molar-refractivity contribution in [2.75, 3.05) is 47.5 Å². The molecule has 382 valence electrons. The van der Waals surface area contributed by atoms with E-state index in [9.17, 15) is 19.5 Å². The number of allylic oxidation sites excluding steroid dienone is 4. The highest BCUT2D eigenvalue weighted by Crippen LogP contribution is 2.16. The molecule has 0 aromatic rings. The lowest BCUT2D eigenvalue weighted by atomic mass is 10.0. The van der Waals surface area contributed by atoms with Gasteiger partial charge in [-0.3, -0.25) is 9.59 Å². The fourth-order valence-electron chi connectivity index (χ4n) is 7.87. The van der Waals surface area contributed by atoms with Crippen molar-refractivity contribution in [3.8, 4) is 0 Å². The lowest BCUT2D eigenvalue weighted by Gasteiger charge is -2.25. The Hall–Kier alpha value is -2.23. The molecule has 0 aliphatic heterocycles. The van der Waals surface area contributed by atoms with Crippen LogP contribution in [0.2, 0.25) is 0 Å². The van der Waals surface area contributed by atoms with E-state index in [1.165, 1.54) is 167 Å². The summed E-state index contributed by atoms with van der Waals surface area (Å²) in [6.45, 7) is 4.85. The maximum absolute atomic E-state index is 12.8. The van der Waals surface area contributed by atoms with E-state index >= 15 is 0 Å². The number of quaternary nitrogens is 1. The minimum atomic E-state index is -1.51. The van der Waals surface area contributed by atoms with Crippen molar-refractivity contribution < 1.29 is 42.9 Å². The topological polar surface area (TPSA) is 108 Å². The van der Waals surface area contributed by atoms with Crippen LogP contribution in [0.15, 0.2) is 24.3 Å². The van der Waals surface area contributed by atoms with Crippen molar-refractivity contribution in [2.24, 2.45) is 0 Å². The number of aliphatic carboxylic acids is 1. The fourth-order valence-corrected chi connectivity index (χ4v) is 7.87. The molecule has 0 fully saturated rings. The minimum Gasteiger partial charge on any atom is -0.477 e. The zero-order valence-corrected chi connectivity index (χ0v) is 43.4. The second kappa shape index (κ2) is 48.2. The molecule has 0 rings (SSSR count). The van der Waals surface area contributed by atoms with Gasteiger partial charge in [0.15, 0.2) is 6.10 Å². The Morgan fingerprint density at radius 1 is 0.446 bits per heavy atom. The molecule has 65 heavy (non-hydrogen) atoms. The van der Waals surface area contributed by atoms with Crippen molar-refractivity contribution in [2.45, 2.75) is 270 Å². The van der Waals surface area contributed by atoms with Gasteiger partial charge in [0.1, 0.15) is 13.2 Å². The van der Waals surface area contributed by atoms with Gasteiger partial charge in [-0.1, -0.05) is 212 Å². The van der Waals surface area contributed by atoms with E-state index in [0.717, 1.165) is 64.2 Å². The number of hydrogen-bond donors (Lipinski definition) is 1. The summed E-state index contributed by atoms with van der Waals surface area (Å²) in [5, 5.41) is 9.66. The monoisotopic (exact) mass is 921 g/mol. The fraction of sp³-hybridized carbons (Fsp3) is 0.875. The number of unbranched alkanes of at least 4 members (excludes halogenated alkanes) is 32. The van der Waals surface area contributed by atoms with Crippen LogP contribution in [0.1, 0.15) is 258 Å². The lowest BCUT2D eigenvalue weighted by molar-refractivity contribution is -0.870. The van der Waals surface area contributed by atoms with Gasteiger partial charge < -0.3 is 28.5 Å². The third-order valence-corrected chi connectivity index (χ3v) is 12.2. The second-order valence-electron chi connectivity index (χ2n) is 19.9. The van der Waals surface area contributed by atoms with Gasteiger partial charge in [0, 0.05) is 12.8 Å². The summed E-state index contributed by atoms with van der Waals surface area (Å²) in [6.07, 6.45) is 52.7. The third-order valence-electron chi connectivity index (χ3n) is 12.2. The molecular formula is C56H106NO8+. The molecular weight excluding hydrogens is 815 g/mol. The van der Waals surface area contributed by atoms with E-state index in [0.29, 0.717) is 17.4 Å². The molecule has 9 heteroatoms. The Morgan fingerprint density at radius 2 is 0.800 bits per heavy atom. The average molecular weight is 921 g/mol. The number of nitrogens with zero attached hydrogens (tertiary/aromatic N) is 1. The zero-order chi connectivity index (χ0) is 47.7. The van der Waals surface area contributed by atoms with E-state index < -0.39 is 24.3 Å². The molecule has 0 bridgehead atoms. The Labute approximate surface area is 401 Å². The largest absolute Gasteiger partial charge is 0.477 e. The Morgan fingerprint density at radius 3 is 1.18 bits per heavy atom. The van der Waals surface area contributed by atoms with Gasteiger partial charge >= 0.3 is 17.9 Å². The number of likely N-dealkylation sites (N-methyl/N-ethyl adjacent to an activating group) is 1. The maximum atomic E-state index is 12.8. The van der Waals surface area contributed by atoms with Crippen LogP contribution in [0.3, 0.4) is 0 Å². The van der Waals surface area contributed by atoms with E-state index in [1.807, 2.05) is 21.1 Å². The first-order valence-electron chi connectivity index (χ1n) is 27.5. The molecule has 0 aromatic carbocycles. The van der Waals surface area contributed by atoms with Crippen LogP contribution in [0.25, 0.3) is 0 Å². The third kappa shape index (κ3) is 49.5. The summed E-state index contributed by atoms with van der Waals surface area (Å²) in [7, 11) is 5.96. The van der Waals surface area contributed by atoms with Gasteiger partial charge in [-0.15, -0.1) is 0 Å². The highest BCUT2D eigenvalue weighted by molar-refractivity contribution is 5.71. The first-order chi connectivity index (χ1) is 31.6. The standard InChI is InChI=1S/C56H105NO8/c1-6-8-10-12-14-16-18-19-20-21-22-23-24-25-26-27-28-29-30-31-32-33-34-35-37-39-41-43-45-47-54(59)65-52(51-64-56(55(60)61)62-49-48-57(3,4)5)50-63-53(58)46-44-42-40-38-36-17-15-13-11-9-7-2/h13,15,21-22,52,56H,6-12,14,16-20,23-51H2,1-5H3/p+1/b15-13-,22-21-. The number of carboxylic acid groups (broad SMARTS) is 1. The zero-order valence-electron chi connectivity index (χ0n) is 43.4. The molecule has 0 heterocycles. The molecule has 0 radical (unpaired) electrons. The van der Waals surface area contributed by atoms with Crippen LogP contribution < -0.4 is 0 Å². The van der Waals surface area contributed by atoms with Crippen LogP contribution in [0.5, 0.6) is 0 Å². The highest BCUT2D eigenvalue weighted by Gasteiger charge is 2.25. The quantitative estimate of drug-likeness (QED) is 0.0211. The van der Waals surface area contributed by atoms with Gasteiger partial charge in [-0.25, -0.2) is 4.79 Å². The second-order valence-corrected chi connectivity index (χ2v) is 19.9. The minimum absolute atomic E-state index is 0.182. The number of carboxylic acids is 1. The smallest absolute Gasteiger partial charge is 0.361 e. The molecule has 2 atom stereocenters. The number of carbonyl (C=O) groups is 3. The summed E-state index contributed by atoms with van der Waals surface area (Å²) in [5.41, 5.74) is 0. The molecule has 0 amide bonds. The van der Waals surface area contributed by atoms with Crippen molar-refractivity contribution in [3.05, 3.63) is 24.3 Å². The Kier molecular flexibility index (Phi) is 46.6. The van der Waals surface area contributed by atoms with Crippen LogP contribution >= 0.6 is 0 Å². The summed E-state index contributed by atoms with van der Waals surface area (Å²) in [5.74, 6) is -2.01. The molecule has 1 N–H and O–H groups in total. The highest BCUT2D eigenvalue weighted by atomic mass is 16.7. The predicted molar refractivity (Wildman–Crippen MR) is 272 cm³/mol.